The van der Waals surface area contributed by atoms with E-state index in [0.717, 1.165) is 15.9 Å². The van der Waals surface area contributed by atoms with Crippen molar-refractivity contribution in [3.05, 3.63) is 0 Å². The summed E-state index contributed by atoms with van der Waals surface area (Å²) in [7, 11) is 1.00. The summed E-state index contributed by atoms with van der Waals surface area (Å²) in [5.74, 6) is 0. The van der Waals surface area contributed by atoms with Gasteiger partial charge in [0.2, 0.25) is 0 Å². The third kappa shape index (κ3) is 4.18. The van der Waals surface area contributed by atoms with E-state index in [1.807, 2.05) is 0 Å². The summed E-state index contributed by atoms with van der Waals surface area (Å²) in [6.07, 6.45) is 0.981. The van der Waals surface area contributed by atoms with Crippen LogP contribution >= 0.6 is 0 Å². The fourth-order valence-corrected chi connectivity index (χ4v) is 0.768. The van der Waals surface area contributed by atoms with E-state index < -0.39 is 0 Å². The lowest BCUT2D eigenvalue weighted by atomic mass is 10.5. The molecular weight excluding hydrogens is 92.1 g/mol. The Balaban J connectivity index is 2.34. The molecule has 0 rings (SSSR count). The largest absolute Gasteiger partial charge is 0.396 e. The molecular formula is C4H10OSi. The Morgan fingerprint density at radius 2 is 2.33 bits per heavy atom. The van der Waals surface area contributed by atoms with E-state index in [1.165, 1.54) is 6.04 Å². The van der Waals surface area contributed by atoms with E-state index in [-0.39, 0.29) is 0 Å². The molecule has 0 aromatic carbocycles. The standard InChI is InChI=1S/C4H10OSi/c1-6-4-2-3-5/h5H,2-4H2,1H3. The minimum absolute atomic E-state index is 0.362. The van der Waals surface area contributed by atoms with Gasteiger partial charge < -0.3 is 5.11 Å². The highest BCUT2D eigenvalue weighted by molar-refractivity contribution is 6.33. The quantitative estimate of drug-likeness (QED) is 0.407. The number of hydrogen-bond donors (Lipinski definition) is 1. The molecule has 0 fully saturated rings. The molecule has 0 heterocycles. The maximum atomic E-state index is 8.20. The van der Waals surface area contributed by atoms with Gasteiger partial charge in [-0.2, -0.15) is 0 Å². The van der Waals surface area contributed by atoms with Gasteiger partial charge in [-0.1, -0.05) is 12.6 Å². The van der Waals surface area contributed by atoms with Crippen LogP contribution in [0, 0.1) is 0 Å². The molecule has 1 nitrogen and oxygen atoms in total. The van der Waals surface area contributed by atoms with Crippen LogP contribution < -0.4 is 0 Å². The zero-order chi connectivity index (χ0) is 4.83. The molecule has 1 N–H and O–H groups in total. The van der Waals surface area contributed by atoms with Crippen LogP contribution in [0.3, 0.4) is 0 Å². The molecule has 0 amide bonds. The van der Waals surface area contributed by atoms with Crippen LogP contribution in [0.25, 0.3) is 0 Å². The highest BCUT2D eigenvalue weighted by Gasteiger charge is 1.77. The minimum atomic E-state index is 0.362. The summed E-state index contributed by atoms with van der Waals surface area (Å²) in [4.78, 5) is 0. The molecule has 0 aliphatic rings. The normalized spacial score (nSPS) is 9.00. The van der Waals surface area contributed by atoms with E-state index in [4.69, 9.17) is 5.11 Å². The first kappa shape index (κ1) is 6.18. The number of hydrogen-bond acceptors (Lipinski definition) is 1. The molecule has 0 aromatic heterocycles. The summed E-state index contributed by atoms with van der Waals surface area (Å²) >= 11 is 0. The van der Waals surface area contributed by atoms with Crippen LogP contribution in [0.1, 0.15) is 6.42 Å². The molecule has 0 saturated carbocycles. The van der Waals surface area contributed by atoms with Gasteiger partial charge in [0.15, 0.2) is 0 Å². The molecule has 0 spiro atoms. The lowest BCUT2D eigenvalue weighted by Gasteiger charge is -1.84. The van der Waals surface area contributed by atoms with E-state index in [1.54, 1.807) is 0 Å². The van der Waals surface area contributed by atoms with Crippen molar-refractivity contribution in [3.63, 3.8) is 0 Å². The predicted molar refractivity (Wildman–Crippen MR) is 28.1 cm³/mol. The average Bonchev–Trinajstić information content (AvgIpc) is 1.61. The Kier molecular flexibility index (Phi) is 5.33. The molecule has 0 aliphatic carbocycles. The van der Waals surface area contributed by atoms with Crippen molar-refractivity contribution in [2.45, 2.75) is 19.0 Å². The molecule has 0 unspecified atom stereocenters. The second-order valence-corrected chi connectivity index (χ2v) is 2.39. The summed E-state index contributed by atoms with van der Waals surface area (Å²) in [6, 6.07) is 1.19. The third-order valence-electron chi connectivity index (χ3n) is 0.585. The fourth-order valence-electron chi connectivity index (χ4n) is 0.256. The van der Waals surface area contributed by atoms with Crippen molar-refractivity contribution in [3.8, 4) is 0 Å². The molecule has 0 bridgehead atoms. The smallest absolute Gasteiger partial charge is 0.0428 e. The van der Waals surface area contributed by atoms with Crippen LogP contribution in [0.5, 0.6) is 0 Å². The zero-order valence-corrected chi connectivity index (χ0v) is 5.07. The number of rotatable bonds is 3. The first-order valence-electron chi connectivity index (χ1n) is 2.17. The summed E-state index contributed by atoms with van der Waals surface area (Å²) in [6.45, 7) is 2.51. The topological polar surface area (TPSA) is 20.2 Å². The predicted octanol–water partition coefficient (Wildman–Crippen LogP) is 0.539. The molecule has 2 radical (unpaired) electrons. The van der Waals surface area contributed by atoms with Crippen molar-refractivity contribution in [2.24, 2.45) is 0 Å². The van der Waals surface area contributed by atoms with E-state index in [9.17, 15) is 0 Å². The molecule has 36 valence electrons. The van der Waals surface area contributed by atoms with Crippen molar-refractivity contribution >= 4 is 9.52 Å². The summed E-state index contributed by atoms with van der Waals surface area (Å²) in [5, 5.41) is 8.20. The van der Waals surface area contributed by atoms with Crippen LogP contribution in [0.2, 0.25) is 12.6 Å². The zero-order valence-electron chi connectivity index (χ0n) is 4.07. The average molecular weight is 102 g/mol. The first-order valence-corrected chi connectivity index (χ1v) is 3.88. The van der Waals surface area contributed by atoms with Gasteiger partial charge in [0.05, 0.1) is 0 Å². The first-order chi connectivity index (χ1) is 2.91. The summed E-state index contributed by atoms with van der Waals surface area (Å²) < 4.78 is 0. The van der Waals surface area contributed by atoms with E-state index >= 15 is 0 Å². The van der Waals surface area contributed by atoms with Crippen molar-refractivity contribution in [1.82, 2.24) is 0 Å². The summed E-state index contributed by atoms with van der Waals surface area (Å²) in [5.41, 5.74) is 0. The van der Waals surface area contributed by atoms with Gasteiger partial charge in [0.1, 0.15) is 0 Å². The van der Waals surface area contributed by atoms with Gasteiger partial charge in [0, 0.05) is 16.1 Å². The number of aliphatic hydroxyl groups is 1. The van der Waals surface area contributed by atoms with Crippen LogP contribution in [-0.4, -0.2) is 21.2 Å². The maximum absolute atomic E-state index is 8.20. The van der Waals surface area contributed by atoms with Gasteiger partial charge in [-0.05, 0) is 6.42 Å². The molecule has 0 atom stereocenters. The van der Waals surface area contributed by atoms with Crippen LogP contribution in [0.4, 0.5) is 0 Å². The SMILES string of the molecule is C[Si]CCCO. The van der Waals surface area contributed by atoms with Gasteiger partial charge in [-0.25, -0.2) is 0 Å². The van der Waals surface area contributed by atoms with E-state index in [0.29, 0.717) is 6.61 Å². The van der Waals surface area contributed by atoms with E-state index in [2.05, 4.69) is 6.55 Å². The number of aliphatic hydroxyl groups excluding tert-OH is 1. The van der Waals surface area contributed by atoms with Gasteiger partial charge in [0.25, 0.3) is 0 Å². The van der Waals surface area contributed by atoms with Crippen molar-refractivity contribution in [1.29, 1.82) is 0 Å². The van der Waals surface area contributed by atoms with Crippen molar-refractivity contribution < 1.29 is 5.11 Å². The molecule has 6 heavy (non-hydrogen) atoms. The monoisotopic (exact) mass is 102 g/mol. The third-order valence-corrected chi connectivity index (χ3v) is 1.44. The second-order valence-electron chi connectivity index (χ2n) is 1.18. The highest BCUT2D eigenvalue weighted by Crippen LogP contribution is 1.82. The Morgan fingerprint density at radius 3 is 2.50 bits per heavy atom. The van der Waals surface area contributed by atoms with Crippen LogP contribution in [0.15, 0.2) is 0 Å². The second kappa shape index (κ2) is 5.18. The molecule has 0 aromatic rings. The molecule has 0 aliphatic heterocycles. The minimum Gasteiger partial charge on any atom is -0.396 e. The Labute approximate surface area is 41.2 Å². The lowest BCUT2D eigenvalue weighted by molar-refractivity contribution is 0.295. The Bertz CT molecular complexity index is 19.5. The molecule has 2 heteroatoms. The highest BCUT2D eigenvalue weighted by atomic mass is 28.2. The van der Waals surface area contributed by atoms with Crippen molar-refractivity contribution in [2.75, 3.05) is 6.61 Å². The Morgan fingerprint density at radius 1 is 1.67 bits per heavy atom. The maximum Gasteiger partial charge on any atom is 0.0428 e. The Hall–Kier alpha value is 0.177. The lowest BCUT2D eigenvalue weighted by Crippen LogP contribution is -1.84. The van der Waals surface area contributed by atoms with Gasteiger partial charge >= 0.3 is 0 Å². The van der Waals surface area contributed by atoms with Gasteiger partial charge in [-0.3, -0.25) is 0 Å². The van der Waals surface area contributed by atoms with Gasteiger partial charge in [-0.15, -0.1) is 0 Å². The molecule has 0 saturated heterocycles. The van der Waals surface area contributed by atoms with Crippen LogP contribution in [-0.2, 0) is 0 Å². The fraction of sp³-hybridized carbons (Fsp3) is 1.00.